The van der Waals surface area contributed by atoms with E-state index in [9.17, 15) is 9.59 Å². The SMILES string of the molecule is COc1cccc(C(=O)NC(=S)Nc2ccc(N3CCN(C(=O)c4ccc(Cl)cc4)CC3)cc2)c1. The Balaban J connectivity index is 1.28. The molecular formula is C26H25ClN4O3S. The van der Waals surface area contributed by atoms with Gasteiger partial charge in [-0.3, -0.25) is 14.9 Å². The molecule has 0 atom stereocenters. The van der Waals surface area contributed by atoms with Crippen LogP contribution in [0.15, 0.2) is 72.8 Å². The van der Waals surface area contributed by atoms with Gasteiger partial charge >= 0.3 is 0 Å². The first-order valence-corrected chi connectivity index (χ1v) is 11.9. The number of nitrogens with one attached hydrogen (secondary N) is 2. The number of benzene rings is 3. The number of halogens is 1. The number of piperazine rings is 1. The quantitative estimate of drug-likeness (QED) is 0.496. The lowest BCUT2D eigenvalue weighted by Gasteiger charge is -2.36. The molecule has 0 spiro atoms. The fourth-order valence-corrected chi connectivity index (χ4v) is 4.14. The average Bonchev–Trinajstić information content (AvgIpc) is 2.89. The first-order valence-electron chi connectivity index (χ1n) is 11.1. The molecule has 1 fully saturated rings. The summed E-state index contributed by atoms with van der Waals surface area (Å²) >= 11 is 11.2. The Morgan fingerprint density at radius 3 is 2.26 bits per heavy atom. The monoisotopic (exact) mass is 508 g/mol. The fraction of sp³-hybridized carbons (Fsp3) is 0.192. The zero-order chi connectivity index (χ0) is 24.8. The lowest BCUT2D eigenvalue weighted by molar-refractivity contribution is 0.0746. The Labute approximate surface area is 214 Å². The molecular weight excluding hydrogens is 484 g/mol. The van der Waals surface area contributed by atoms with Crippen molar-refractivity contribution in [2.24, 2.45) is 0 Å². The number of thiocarbonyl (C=S) groups is 1. The molecule has 7 nitrogen and oxygen atoms in total. The highest BCUT2D eigenvalue weighted by Crippen LogP contribution is 2.21. The highest BCUT2D eigenvalue weighted by Gasteiger charge is 2.22. The third-order valence-corrected chi connectivity index (χ3v) is 6.16. The smallest absolute Gasteiger partial charge is 0.257 e. The van der Waals surface area contributed by atoms with Crippen LogP contribution >= 0.6 is 23.8 Å². The van der Waals surface area contributed by atoms with E-state index < -0.39 is 0 Å². The second-order valence-corrected chi connectivity index (χ2v) is 8.82. The molecule has 1 aliphatic heterocycles. The van der Waals surface area contributed by atoms with Crippen LogP contribution in [0.2, 0.25) is 5.02 Å². The van der Waals surface area contributed by atoms with E-state index in [0.29, 0.717) is 35.0 Å². The molecule has 9 heteroatoms. The molecule has 0 unspecified atom stereocenters. The number of amides is 2. The molecule has 180 valence electrons. The normalized spacial score (nSPS) is 13.2. The molecule has 1 heterocycles. The van der Waals surface area contributed by atoms with Crippen LogP contribution in [-0.4, -0.2) is 55.1 Å². The topological polar surface area (TPSA) is 73.9 Å². The molecule has 3 aromatic rings. The van der Waals surface area contributed by atoms with E-state index in [1.54, 1.807) is 55.6 Å². The van der Waals surface area contributed by atoms with Crippen molar-refractivity contribution in [3.63, 3.8) is 0 Å². The molecule has 0 saturated carbocycles. The molecule has 2 amide bonds. The predicted octanol–water partition coefficient (Wildman–Crippen LogP) is 4.44. The summed E-state index contributed by atoms with van der Waals surface area (Å²) in [5, 5.41) is 6.53. The van der Waals surface area contributed by atoms with Crippen LogP contribution < -0.4 is 20.3 Å². The van der Waals surface area contributed by atoms with Gasteiger partial charge in [0.15, 0.2) is 5.11 Å². The van der Waals surface area contributed by atoms with Crippen molar-refractivity contribution in [3.8, 4) is 5.75 Å². The van der Waals surface area contributed by atoms with Crippen LogP contribution in [0.1, 0.15) is 20.7 Å². The van der Waals surface area contributed by atoms with Gasteiger partial charge in [0, 0.05) is 53.7 Å². The number of ether oxygens (including phenoxy) is 1. The van der Waals surface area contributed by atoms with E-state index in [-0.39, 0.29) is 16.9 Å². The van der Waals surface area contributed by atoms with Crippen LogP contribution in [0.25, 0.3) is 0 Å². The summed E-state index contributed by atoms with van der Waals surface area (Å²) in [6, 6.07) is 21.6. The zero-order valence-corrected chi connectivity index (χ0v) is 20.7. The molecule has 3 aromatic carbocycles. The number of hydrogen-bond acceptors (Lipinski definition) is 5. The Morgan fingerprint density at radius 1 is 0.914 bits per heavy atom. The van der Waals surface area contributed by atoms with E-state index in [4.69, 9.17) is 28.6 Å². The molecule has 0 aliphatic carbocycles. The van der Waals surface area contributed by atoms with Crippen molar-refractivity contribution in [1.29, 1.82) is 0 Å². The van der Waals surface area contributed by atoms with Crippen molar-refractivity contribution < 1.29 is 14.3 Å². The van der Waals surface area contributed by atoms with Crippen LogP contribution in [0.5, 0.6) is 5.75 Å². The van der Waals surface area contributed by atoms with E-state index in [1.807, 2.05) is 29.2 Å². The summed E-state index contributed by atoms with van der Waals surface area (Å²) in [4.78, 5) is 29.2. The number of hydrogen-bond donors (Lipinski definition) is 2. The van der Waals surface area contributed by atoms with Crippen molar-refractivity contribution in [2.75, 3.05) is 43.5 Å². The van der Waals surface area contributed by atoms with E-state index in [2.05, 4.69) is 15.5 Å². The van der Waals surface area contributed by atoms with Crippen LogP contribution in [0.4, 0.5) is 11.4 Å². The average molecular weight is 509 g/mol. The van der Waals surface area contributed by atoms with Crippen molar-refractivity contribution in [1.82, 2.24) is 10.2 Å². The van der Waals surface area contributed by atoms with Crippen molar-refractivity contribution in [3.05, 3.63) is 88.9 Å². The molecule has 0 aromatic heterocycles. The Kier molecular flexibility index (Phi) is 7.84. The molecule has 35 heavy (non-hydrogen) atoms. The Bertz CT molecular complexity index is 1210. The lowest BCUT2D eigenvalue weighted by atomic mass is 10.1. The molecule has 0 radical (unpaired) electrons. The van der Waals surface area contributed by atoms with Gasteiger partial charge in [-0.2, -0.15) is 0 Å². The predicted molar refractivity (Wildman–Crippen MR) is 143 cm³/mol. The summed E-state index contributed by atoms with van der Waals surface area (Å²) in [5.74, 6) is 0.303. The molecule has 0 bridgehead atoms. The summed E-state index contributed by atoms with van der Waals surface area (Å²) in [6.45, 7) is 2.76. The summed E-state index contributed by atoms with van der Waals surface area (Å²) < 4.78 is 5.15. The van der Waals surface area contributed by atoms with Gasteiger partial charge in [-0.25, -0.2) is 0 Å². The van der Waals surface area contributed by atoms with Gasteiger partial charge in [-0.1, -0.05) is 17.7 Å². The van der Waals surface area contributed by atoms with Gasteiger partial charge in [-0.15, -0.1) is 0 Å². The second-order valence-electron chi connectivity index (χ2n) is 7.97. The first kappa shape index (κ1) is 24.5. The van der Waals surface area contributed by atoms with E-state index >= 15 is 0 Å². The largest absolute Gasteiger partial charge is 0.497 e. The minimum atomic E-state index is -0.316. The third-order valence-electron chi connectivity index (χ3n) is 5.71. The minimum Gasteiger partial charge on any atom is -0.497 e. The van der Waals surface area contributed by atoms with Crippen LogP contribution in [-0.2, 0) is 0 Å². The van der Waals surface area contributed by atoms with E-state index in [0.717, 1.165) is 24.5 Å². The zero-order valence-electron chi connectivity index (χ0n) is 19.2. The standard InChI is InChI=1S/C26H25ClN4O3S/c1-34-23-4-2-3-19(17-23)24(32)29-26(35)28-21-9-11-22(12-10-21)30-13-15-31(16-14-30)25(33)18-5-7-20(27)8-6-18/h2-12,17H,13-16H2,1H3,(H2,28,29,32,35). The van der Waals surface area contributed by atoms with Crippen molar-refractivity contribution >= 4 is 52.1 Å². The van der Waals surface area contributed by atoms with Crippen molar-refractivity contribution in [2.45, 2.75) is 0 Å². The fourth-order valence-electron chi connectivity index (χ4n) is 3.80. The number of nitrogens with zero attached hydrogens (tertiary/aromatic N) is 2. The molecule has 1 aliphatic rings. The number of carbonyl (C=O) groups is 2. The summed E-state index contributed by atoms with van der Waals surface area (Å²) in [5.41, 5.74) is 2.92. The minimum absolute atomic E-state index is 0.0189. The van der Waals surface area contributed by atoms with Gasteiger partial charge in [0.05, 0.1) is 7.11 Å². The number of anilines is 2. The second kappa shape index (κ2) is 11.2. The Morgan fingerprint density at radius 2 is 1.60 bits per heavy atom. The van der Waals surface area contributed by atoms with Crippen LogP contribution in [0, 0.1) is 0 Å². The maximum absolute atomic E-state index is 12.7. The molecule has 1 saturated heterocycles. The summed E-state index contributed by atoms with van der Waals surface area (Å²) in [7, 11) is 1.55. The first-order chi connectivity index (χ1) is 16.9. The Hall–Kier alpha value is -3.62. The summed E-state index contributed by atoms with van der Waals surface area (Å²) in [6.07, 6.45) is 0. The maximum Gasteiger partial charge on any atom is 0.257 e. The third kappa shape index (κ3) is 6.29. The van der Waals surface area contributed by atoms with Gasteiger partial charge in [0.25, 0.3) is 11.8 Å². The van der Waals surface area contributed by atoms with Gasteiger partial charge in [-0.05, 0) is 78.9 Å². The maximum atomic E-state index is 12.7. The number of methoxy groups -OCH3 is 1. The van der Waals surface area contributed by atoms with Crippen LogP contribution in [0.3, 0.4) is 0 Å². The van der Waals surface area contributed by atoms with Gasteiger partial charge < -0.3 is 19.9 Å². The number of rotatable bonds is 5. The highest BCUT2D eigenvalue weighted by atomic mass is 35.5. The van der Waals surface area contributed by atoms with E-state index in [1.165, 1.54) is 0 Å². The van der Waals surface area contributed by atoms with Gasteiger partial charge in [0.1, 0.15) is 5.75 Å². The molecule has 2 N–H and O–H groups in total. The lowest BCUT2D eigenvalue weighted by Crippen LogP contribution is -2.48. The number of carbonyl (C=O) groups excluding carboxylic acids is 2. The van der Waals surface area contributed by atoms with Gasteiger partial charge in [0.2, 0.25) is 0 Å². The highest BCUT2D eigenvalue weighted by molar-refractivity contribution is 7.80. The molecule has 4 rings (SSSR count).